The number of hydrogen-bond acceptors (Lipinski definition) is 5. The van der Waals surface area contributed by atoms with E-state index in [1.807, 2.05) is 0 Å². The second-order valence-corrected chi connectivity index (χ2v) is 5.09. The van der Waals surface area contributed by atoms with Crippen LogP contribution in [0, 0.1) is 0 Å². The van der Waals surface area contributed by atoms with Crippen LogP contribution in [0.15, 0.2) is 18.3 Å². The van der Waals surface area contributed by atoms with Gasteiger partial charge in [0.05, 0.1) is 5.56 Å². The van der Waals surface area contributed by atoms with Crippen LogP contribution in [0.2, 0.25) is 0 Å². The topological polar surface area (TPSA) is 101 Å². The zero-order chi connectivity index (χ0) is 15.2. The molecule has 0 saturated heterocycles. The summed E-state index contributed by atoms with van der Waals surface area (Å²) in [6.45, 7) is 6.10. The SMILES string of the molecule is CC(C)(C)OC(=O)NCCNc1cc(C(=O)O)ccn1. The summed E-state index contributed by atoms with van der Waals surface area (Å²) in [5, 5.41) is 14.3. The summed E-state index contributed by atoms with van der Waals surface area (Å²) in [6, 6.07) is 2.84. The average molecular weight is 281 g/mol. The van der Waals surface area contributed by atoms with Gasteiger partial charge in [-0.15, -0.1) is 0 Å². The number of carboxylic acid groups (broad SMARTS) is 1. The van der Waals surface area contributed by atoms with Crippen LogP contribution in [-0.4, -0.2) is 40.8 Å². The molecule has 1 aromatic rings. The Balaban J connectivity index is 2.33. The van der Waals surface area contributed by atoms with Crippen molar-refractivity contribution in [3.05, 3.63) is 23.9 Å². The van der Waals surface area contributed by atoms with Crippen molar-refractivity contribution in [2.75, 3.05) is 18.4 Å². The second-order valence-electron chi connectivity index (χ2n) is 5.09. The molecule has 7 heteroatoms. The first-order valence-corrected chi connectivity index (χ1v) is 6.18. The molecule has 0 aliphatic rings. The third kappa shape index (κ3) is 6.03. The quantitative estimate of drug-likeness (QED) is 0.710. The summed E-state index contributed by atoms with van der Waals surface area (Å²) in [5.74, 6) is -0.571. The summed E-state index contributed by atoms with van der Waals surface area (Å²) < 4.78 is 5.07. The lowest BCUT2D eigenvalue weighted by Gasteiger charge is -2.19. The number of rotatable bonds is 5. The van der Waals surface area contributed by atoms with Gasteiger partial charge in [0.15, 0.2) is 0 Å². The van der Waals surface area contributed by atoms with Gasteiger partial charge in [-0.05, 0) is 32.9 Å². The maximum absolute atomic E-state index is 11.4. The van der Waals surface area contributed by atoms with Crippen molar-refractivity contribution in [1.29, 1.82) is 0 Å². The number of aromatic nitrogens is 1. The van der Waals surface area contributed by atoms with Gasteiger partial charge in [0.25, 0.3) is 0 Å². The summed E-state index contributed by atoms with van der Waals surface area (Å²) in [6.07, 6.45) is 0.916. The van der Waals surface area contributed by atoms with Crippen molar-refractivity contribution in [1.82, 2.24) is 10.3 Å². The van der Waals surface area contributed by atoms with Crippen molar-refractivity contribution in [2.45, 2.75) is 26.4 Å². The number of ether oxygens (including phenoxy) is 1. The standard InChI is InChI=1S/C13H19N3O4/c1-13(2,3)20-12(19)16-7-6-15-10-8-9(11(17)18)4-5-14-10/h4-5,8H,6-7H2,1-3H3,(H,14,15)(H,16,19)(H,17,18). The van der Waals surface area contributed by atoms with Crippen LogP contribution < -0.4 is 10.6 Å². The number of pyridine rings is 1. The molecule has 7 nitrogen and oxygen atoms in total. The van der Waals surface area contributed by atoms with E-state index in [2.05, 4.69) is 15.6 Å². The molecule has 1 rings (SSSR count). The molecule has 0 fully saturated rings. The van der Waals surface area contributed by atoms with E-state index < -0.39 is 17.7 Å². The molecule has 110 valence electrons. The highest BCUT2D eigenvalue weighted by atomic mass is 16.6. The van der Waals surface area contributed by atoms with E-state index >= 15 is 0 Å². The van der Waals surface area contributed by atoms with Crippen molar-refractivity contribution in [2.24, 2.45) is 0 Å². The number of amides is 1. The fraction of sp³-hybridized carbons (Fsp3) is 0.462. The lowest BCUT2D eigenvalue weighted by Crippen LogP contribution is -2.35. The predicted octanol–water partition coefficient (Wildman–Crippen LogP) is 1.72. The van der Waals surface area contributed by atoms with Crippen molar-refractivity contribution < 1.29 is 19.4 Å². The number of nitrogens with zero attached hydrogens (tertiary/aromatic N) is 1. The predicted molar refractivity (Wildman–Crippen MR) is 73.9 cm³/mol. The Hall–Kier alpha value is -2.31. The van der Waals surface area contributed by atoms with E-state index in [0.717, 1.165) is 0 Å². The molecule has 0 radical (unpaired) electrons. The Kier molecular flexibility index (Phi) is 5.31. The maximum atomic E-state index is 11.4. The van der Waals surface area contributed by atoms with Crippen LogP contribution in [0.1, 0.15) is 31.1 Å². The summed E-state index contributed by atoms with van der Waals surface area (Å²) >= 11 is 0. The number of carbonyl (C=O) groups excluding carboxylic acids is 1. The highest BCUT2D eigenvalue weighted by Crippen LogP contribution is 2.07. The Morgan fingerprint density at radius 3 is 2.65 bits per heavy atom. The first kappa shape index (κ1) is 15.7. The minimum Gasteiger partial charge on any atom is -0.478 e. The fourth-order valence-electron chi connectivity index (χ4n) is 1.33. The third-order valence-electron chi connectivity index (χ3n) is 2.11. The molecule has 0 atom stereocenters. The van der Waals surface area contributed by atoms with Crippen LogP contribution in [-0.2, 0) is 4.74 Å². The van der Waals surface area contributed by atoms with E-state index in [1.165, 1.54) is 18.3 Å². The van der Waals surface area contributed by atoms with Crippen LogP contribution >= 0.6 is 0 Å². The highest BCUT2D eigenvalue weighted by Gasteiger charge is 2.15. The Bertz CT molecular complexity index is 483. The van der Waals surface area contributed by atoms with Crippen LogP contribution in [0.3, 0.4) is 0 Å². The molecule has 1 heterocycles. The summed E-state index contributed by atoms with van der Waals surface area (Å²) in [7, 11) is 0. The second kappa shape index (κ2) is 6.74. The molecular formula is C13H19N3O4. The van der Waals surface area contributed by atoms with Gasteiger partial charge >= 0.3 is 12.1 Å². The fourth-order valence-corrected chi connectivity index (χ4v) is 1.33. The van der Waals surface area contributed by atoms with Crippen molar-refractivity contribution in [3.8, 4) is 0 Å². The molecule has 0 unspecified atom stereocenters. The van der Waals surface area contributed by atoms with Crippen molar-refractivity contribution >= 4 is 17.9 Å². The van der Waals surface area contributed by atoms with Gasteiger partial charge in [0.2, 0.25) is 0 Å². The normalized spacial score (nSPS) is 10.8. The van der Waals surface area contributed by atoms with E-state index in [4.69, 9.17) is 9.84 Å². The Morgan fingerprint density at radius 1 is 1.35 bits per heavy atom. The smallest absolute Gasteiger partial charge is 0.407 e. The first-order valence-electron chi connectivity index (χ1n) is 6.18. The molecule has 0 aliphatic carbocycles. The summed E-state index contributed by atoms with van der Waals surface area (Å²) in [5.41, 5.74) is -0.378. The van der Waals surface area contributed by atoms with Gasteiger partial charge in [-0.2, -0.15) is 0 Å². The molecule has 0 spiro atoms. The van der Waals surface area contributed by atoms with Gasteiger partial charge < -0.3 is 20.5 Å². The first-order chi connectivity index (χ1) is 9.28. The number of alkyl carbamates (subject to hydrolysis) is 1. The molecule has 0 saturated carbocycles. The third-order valence-corrected chi connectivity index (χ3v) is 2.11. The number of hydrogen-bond donors (Lipinski definition) is 3. The zero-order valence-electron chi connectivity index (χ0n) is 11.8. The van der Waals surface area contributed by atoms with Gasteiger partial charge in [-0.25, -0.2) is 14.6 Å². The largest absolute Gasteiger partial charge is 0.478 e. The van der Waals surface area contributed by atoms with E-state index in [9.17, 15) is 9.59 Å². The zero-order valence-corrected chi connectivity index (χ0v) is 11.8. The lowest BCUT2D eigenvalue weighted by molar-refractivity contribution is 0.0529. The van der Waals surface area contributed by atoms with Gasteiger partial charge in [-0.1, -0.05) is 0 Å². The number of carboxylic acids is 1. The number of nitrogens with one attached hydrogen (secondary N) is 2. The molecule has 1 amide bonds. The minimum atomic E-state index is -1.01. The van der Waals surface area contributed by atoms with Gasteiger partial charge in [0.1, 0.15) is 11.4 Å². The van der Waals surface area contributed by atoms with Crippen LogP contribution in [0.25, 0.3) is 0 Å². The molecule has 0 aliphatic heterocycles. The Labute approximate surface area is 117 Å². The molecule has 0 aromatic carbocycles. The summed E-state index contributed by atoms with van der Waals surface area (Å²) in [4.78, 5) is 26.1. The average Bonchev–Trinajstić information content (AvgIpc) is 2.33. The number of carbonyl (C=O) groups is 2. The number of aromatic carboxylic acids is 1. The lowest BCUT2D eigenvalue weighted by atomic mass is 10.2. The van der Waals surface area contributed by atoms with Crippen LogP contribution in [0.4, 0.5) is 10.6 Å². The van der Waals surface area contributed by atoms with Gasteiger partial charge in [0, 0.05) is 19.3 Å². The minimum absolute atomic E-state index is 0.155. The Morgan fingerprint density at radius 2 is 2.05 bits per heavy atom. The van der Waals surface area contributed by atoms with Gasteiger partial charge in [-0.3, -0.25) is 0 Å². The monoisotopic (exact) mass is 281 g/mol. The molecular weight excluding hydrogens is 262 g/mol. The highest BCUT2D eigenvalue weighted by molar-refractivity contribution is 5.88. The maximum Gasteiger partial charge on any atom is 0.407 e. The van der Waals surface area contributed by atoms with E-state index in [0.29, 0.717) is 18.9 Å². The van der Waals surface area contributed by atoms with Crippen molar-refractivity contribution in [3.63, 3.8) is 0 Å². The van der Waals surface area contributed by atoms with E-state index in [-0.39, 0.29) is 5.56 Å². The molecule has 3 N–H and O–H groups in total. The van der Waals surface area contributed by atoms with E-state index in [1.54, 1.807) is 20.8 Å². The molecule has 20 heavy (non-hydrogen) atoms. The molecule has 0 bridgehead atoms. The van der Waals surface area contributed by atoms with Crippen LogP contribution in [0.5, 0.6) is 0 Å². The molecule has 1 aromatic heterocycles. The number of anilines is 1.